The molecule has 1 N–H and O–H groups in total. The Hall–Kier alpha value is -2.21. The number of nitrogens with one attached hydrogen (secondary N) is 1. The summed E-state index contributed by atoms with van der Waals surface area (Å²) >= 11 is 0. The summed E-state index contributed by atoms with van der Waals surface area (Å²) in [6, 6.07) is 3.16. The third-order valence-electron chi connectivity index (χ3n) is 3.28. The Labute approximate surface area is 110 Å². The minimum Gasteiger partial charge on any atom is -0.446 e. The fraction of sp³-hybridized carbons (Fsp3) is 0.308. The second kappa shape index (κ2) is 4.81. The third kappa shape index (κ3) is 2.00. The van der Waals surface area contributed by atoms with Crippen LogP contribution in [0.25, 0.3) is 0 Å². The van der Waals surface area contributed by atoms with Crippen LogP contribution in [-0.4, -0.2) is 29.5 Å². The fourth-order valence-electron chi connectivity index (χ4n) is 2.33. The van der Waals surface area contributed by atoms with Gasteiger partial charge in [-0.25, -0.2) is 4.98 Å². The molecule has 3 heterocycles. The molecule has 1 amide bonds. The SMILES string of the molecule is CNC1C(=O)N(c2ccncc2)CCc2ncoc21. The van der Waals surface area contributed by atoms with E-state index in [0.29, 0.717) is 18.7 Å². The number of pyridine rings is 1. The summed E-state index contributed by atoms with van der Waals surface area (Å²) in [6.45, 7) is 0.584. The maximum Gasteiger partial charge on any atom is 0.252 e. The van der Waals surface area contributed by atoms with E-state index in [-0.39, 0.29) is 5.91 Å². The van der Waals surface area contributed by atoms with Gasteiger partial charge in [-0.2, -0.15) is 0 Å². The predicted molar refractivity (Wildman–Crippen MR) is 68.6 cm³/mol. The molecule has 6 nitrogen and oxygen atoms in total. The zero-order valence-corrected chi connectivity index (χ0v) is 10.5. The third-order valence-corrected chi connectivity index (χ3v) is 3.28. The Morgan fingerprint density at radius 1 is 1.42 bits per heavy atom. The average Bonchev–Trinajstić information content (AvgIpc) is 2.85. The normalized spacial score (nSPS) is 19.1. The monoisotopic (exact) mass is 258 g/mol. The fourth-order valence-corrected chi connectivity index (χ4v) is 2.33. The first-order valence-corrected chi connectivity index (χ1v) is 6.12. The van der Waals surface area contributed by atoms with Gasteiger partial charge in [0.15, 0.2) is 12.2 Å². The summed E-state index contributed by atoms with van der Waals surface area (Å²) in [5, 5.41) is 3.00. The van der Waals surface area contributed by atoms with E-state index in [1.165, 1.54) is 6.39 Å². The van der Waals surface area contributed by atoms with Crippen molar-refractivity contribution in [3.63, 3.8) is 0 Å². The van der Waals surface area contributed by atoms with Crippen molar-refractivity contribution in [2.45, 2.75) is 12.5 Å². The van der Waals surface area contributed by atoms with Crippen LogP contribution in [0, 0.1) is 0 Å². The van der Waals surface area contributed by atoms with Crippen molar-refractivity contribution in [2.24, 2.45) is 0 Å². The van der Waals surface area contributed by atoms with Gasteiger partial charge in [0.05, 0.1) is 5.69 Å². The van der Waals surface area contributed by atoms with Crippen molar-refractivity contribution in [2.75, 3.05) is 18.5 Å². The maximum atomic E-state index is 12.6. The molecular weight excluding hydrogens is 244 g/mol. The second-order valence-corrected chi connectivity index (χ2v) is 4.33. The topological polar surface area (TPSA) is 71.3 Å². The van der Waals surface area contributed by atoms with E-state index in [1.807, 2.05) is 12.1 Å². The van der Waals surface area contributed by atoms with Gasteiger partial charge in [0.1, 0.15) is 6.04 Å². The second-order valence-electron chi connectivity index (χ2n) is 4.33. The van der Waals surface area contributed by atoms with Crippen LogP contribution in [0.5, 0.6) is 0 Å². The first-order chi connectivity index (χ1) is 9.31. The molecule has 0 spiro atoms. The van der Waals surface area contributed by atoms with E-state index in [0.717, 1.165) is 11.4 Å². The van der Waals surface area contributed by atoms with Gasteiger partial charge in [-0.05, 0) is 19.2 Å². The molecule has 3 rings (SSSR count). The highest BCUT2D eigenvalue weighted by molar-refractivity contribution is 5.98. The standard InChI is InChI=1S/C13H14N4O2/c1-14-11-12-10(16-8-19-12)4-7-17(13(11)18)9-2-5-15-6-3-9/h2-3,5-6,8,11,14H,4,7H2,1H3. The Bertz CT molecular complexity index is 581. The lowest BCUT2D eigenvalue weighted by Gasteiger charge is -2.23. The van der Waals surface area contributed by atoms with Crippen molar-refractivity contribution in [3.8, 4) is 0 Å². The Morgan fingerprint density at radius 2 is 2.21 bits per heavy atom. The zero-order valence-electron chi connectivity index (χ0n) is 10.5. The van der Waals surface area contributed by atoms with Gasteiger partial charge in [-0.15, -0.1) is 0 Å². The summed E-state index contributed by atoms with van der Waals surface area (Å²) in [6.07, 6.45) is 5.43. The van der Waals surface area contributed by atoms with Crippen molar-refractivity contribution in [1.29, 1.82) is 0 Å². The van der Waals surface area contributed by atoms with Gasteiger partial charge in [0.2, 0.25) is 0 Å². The Balaban J connectivity index is 1.99. The summed E-state index contributed by atoms with van der Waals surface area (Å²) in [5.74, 6) is 0.577. The first kappa shape index (κ1) is 11.9. The van der Waals surface area contributed by atoms with Gasteiger partial charge in [0, 0.05) is 31.0 Å². The van der Waals surface area contributed by atoms with E-state index in [2.05, 4.69) is 15.3 Å². The summed E-state index contributed by atoms with van der Waals surface area (Å²) < 4.78 is 5.36. The van der Waals surface area contributed by atoms with Crippen LogP contribution in [0.3, 0.4) is 0 Å². The van der Waals surface area contributed by atoms with Crippen molar-refractivity contribution >= 4 is 11.6 Å². The highest BCUT2D eigenvalue weighted by atomic mass is 16.3. The molecule has 0 saturated heterocycles. The lowest BCUT2D eigenvalue weighted by atomic mass is 10.1. The average molecular weight is 258 g/mol. The molecule has 19 heavy (non-hydrogen) atoms. The van der Waals surface area contributed by atoms with Crippen molar-refractivity contribution in [1.82, 2.24) is 15.3 Å². The predicted octanol–water partition coefficient (Wildman–Crippen LogP) is 0.919. The van der Waals surface area contributed by atoms with Crippen molar-refractivity contribution < 1.29 is 9.21 Å². The lowest BCUT2D eigenvalue weighted by Crippen LogP contribution is -2.39. The number of hydrogen-bond donors (Lipinski definition) is 1. The molecule has 6 heteroatoms. The molecule has 0 fully saturated rings. The number of nitrogens with zero attached hydrogens (tertiary/aromatic N) is 3. The van der Waals surface area contributed by atoms with E-state index >= 15 is 0 Å². The number of anilines is 1. The highest BCUT2D eigenvalue weighted by Gasteiger charge is 2.33. The molecule has 2 aromatic heterocycles. The molecule has 0 aromatic carbocycles. The van der Waals surface area contributed by atoms with Gasteiger partial charge >= 0.3 is 0 Å². The Kier molecular flexibility index (Phi) is 3.00. The highest BCUT2D eigenvalue weighted by Crippen LogP contribution is 2.26. The molecule has 0 saturated carbocycles. The van der Waals surface area contributed by atoms with Gasteiger partial charge in [-0.1, -0.05) is 0 Å². The van der Waals surface area contributed by atoms with Crippen LogP contribution in [-0.2, 0) is 11.2 Å². The number of fused-ring (bicyclic) bond motifs is 1. The van der Waals surface area contributed by atoms with Crippen molar-refractivity contribution in [3.05, 3.63) is 42.4 Å². The molecule has 0 aliphatic carbocycles. The molecule has 1 atom stereocenters. The van der Waals surface area contributed by atoms with Crippen LogP contribution < -0.4 is 10.2 Å². The van der Waals surface area contributed by atoms with E-state index < -0.39 is 6.04 Å². The number of amides is 1. The van der Waals surface area contributed by atoms with Gasteiger partial charge in [0.25, 0.3) is 5.91 Å². The minimum absolute atomic E-state index is 0.0378. The summed E-state index contributed by atoms with van der Waals surface area (Å²) in [7, 11) is 1.74. The molecule has 0 radical (unpaired) electrons. The maximum absolute atomic E-state index is 12.6. The lowest BCUT2D eigenvalue weighted by molar-refractivity contribution is -0.120. The zero-order chi connectivity index (χ0) is 13.2. The van der Waals surface area contributed by atoms with Gasteiger partial charge in [-0.3, -0.25) is 9.78 Å². The molecule has 1 aliphatic heterocycles. The van der Waals surface area contributed by atoms with E-state index in [9.17, 15) is 4.79 Å². The molecule has 98 valence electrons. The number of rotatable bonds is 2. The molecule has 1 aliphatic rings. The minimum atomic E-state index is -0.492. The number of carbonyl (C=O) groups excluding carboxylic acids is 1. The molecular formula is C13H14N4O2. The quantitative estimate of drug-likeness (QED) is 0.867. The molecule has 1 unspecified atom stereocenters. The number of hydrogen-bond acceptors (Lipinski definition) is 5. The molecule has 0 bridgehead atoms. The number of carbonyl (C=O) groups is 1. The van der Waals surface area contributed by atoms with Crippen LogP contribution in [0.2, 0.25) is 0 Å². The van der Waals surface area contributed by atoms with Crippen LogP contribution >= 0.6 is 0 Å². The van der Waals surface area contributed by atoms with E-state index in [1.54, 1.807) is 24.3 Å². The summed E-state index contributed by atoms with van der Waals surface area (Å²) in [5.41, 5.74) is 1.68. The molecule has 2 aromatic rings. The van der Waals surface area contributed by atoms with E-state index in [4.69, 9.17) is 4.42 Å². The smallest absolute Gasteiger partial charge is 0.252 e. The largest absolute Gasteiger partial charge is 0.446 e. The number of likely N-dealkylation sites (N-methyl/N-ethyl adjacent to an activating group) is 1. The van der Waals surface area contributed by atoms with Crippen LogP contribution in [0.15, 0.2) is 35.3 Å². The number of aromatic nitrogens is 2. The summed E-state index contributed by atoms with van der Waals surface area (Å²) in [4.78, 5) is 22.5. The van der Waals surface area contributed by atoms with Crippen LogP contribution in [0.1, 0.15) is 17.5 Å². The number of oxazole rings is 1. The Morgan fingerprint density at radius 3 is 2.95 bits per heavy atom. The van der Waals surface area contributed by atoms with Crippen LogP contribution in [0.4, 0.5) is 5.69 Å². The first-order valence-electron chi connectivity index (χ1n) is 6.12. The van der Waals surface area contributed by atoms with Gasteiger partial charge < -0.3 is 14.6 Å².